The van der Waals surface area contributed by atoms with Gasteiger partial charge in [-0.05, 0) is 87.2 Å². The predicted molar refractivity (Wildman–Crippen MR) is 149 cm³/mol. The second kappa shape index (κ2) is 14.9. The zero-order valence-electron chi connectivity index (χ0n) is 22.0. The Morgan fingerprint density at radius 2 is 1.31 bits per heavy atom. The first kappa shape index (κ1) is 28.9. The first-order chi connectivity index (χ1) is 18.9. The average Bonchev–Trinajstić information content (AvgIpc) is 2.95. The summed E-state index contributed by atoms with van der Waals surface area (Å²) < 4.78 is 21.7. The second-order valence-electron chi connectivity index (χ2n) is 8.71. The smallest absolute Gasteiger partial charge is 0.343 e. The van der Waals surface area contributed by atoms with Crippen LogP contribution in [-0.4, -0.2) is 31.1 Å². The van der Waals surface area contributed by atoms with Crippen molar-refractivity contribution in [2.24, 2.45) is 0 Å². The quantitative estimate of drug-likeness (QED) is 0.0990. The van der Waals surface area contributed by atoms with Gasteiger partial charge in [0.25, 0.3) is 0 Å². The Morgan fingerprint density at radius 3 is 1.95 bits per heavy atom. The molecule has 0 N–H and O–H groups in total. The topological polar surface area (TPSA) is 88.1 Å². The van der Waals surface area contributed by atoms with Gasteiger partial charge in [0.15, 0.2) is 0 Å². The molecule has 0 aromatic heterocycles. The first-order valence-electron chi connectivity index (χ1n) is 12.7. The molecular formula is C32H32O7. The number of rotatable bonds is 14. The molecule has 0 unspecified atom stereocenters. The van der Waals surface area contributed by atoms with E-state index in [1.165, 1.54) is 6.08 Å². The molecule has 0 radical (unpaired) electrons. The largest absolute Gasteiger partial charge is 0.494 e. The van der Waals surface area contributed by atoms with Crippen LogP contribution >= 0.6 is 0 Å². The van der Waals surface area contributed by atoms with E-state index >= 15 is 0 Å². The fourth-order valence-electron chi connectivity index (χ4n) is 3.52. The Bertz CT molecular complexity index is 1290. The lowest BCUT2D eigenvalue weighted by Crippen LogP contribution is -2.10. The Labute approximate surface area is 228 Å². The molecule has 7 heteroatoms. The number of benzene rings is 3. The molecule has 0 aliphatic carbocycles. The molecule has 0 aliphatic heterocycles. The molecule has 39 heavy (non-hydrogen) atoms. The van der Waals surface area contributed by atoms with Crippen LogP contribution < -0.4 is 14.2 Å². The van der Waals surface area contributed by atoms with Crippen molar-refractivity contribution >= 4 is 24.0 Å². The van der Waals surface area contributed by atoms with Gasteiger partial charge < -0.3 is 18.9 Å². The normalized spacial score (nSPS) is 10.3. The van der Waals surface area contributed by atoms with Crippen LogP contribution in [0.3, 0.4) is 0 Å². The maximum atomic E-state index is 12.6. The molecule has 0 aliphatic rings. The van der Waals surface area contributed by atoms with Crippen molar-refractivity contribution in [2.45, 2.75) is 32.6 Å². The number of carbonyl (C=O) groups is 3. The SMILES string of the molecule is C=CC(=O)OCCCCCCOc1ccc(C(=O)Oc2ccc(OC(=O)c3ccc(C)cc3)c(C=C)c2)cc1. The summed E-state index contributed by atoms with van der Waals surface area (Å²) in [5, 5.41) is 0. The number of esters is 3. The van der Waals surface area contributed by atoms with Crippen molar-refractivity contribution in [3.63, 3.8) is 0 Å². The van der Waals surface area contributed by atoms with E-state index < -0.39 is 17.9 Å². The minimum absolute atomic E-state index is 0.296. The molecule has 0 bridgehead atoms. The lowest BCUT2D eigenvalue weighted by Gasteiger charge is -2.11. The number of hydrogen-bond acceptors (Lipinski definition) is 7. The van der Waals surface area contributed by atoms with Gasteiger partial charge in [0.05, 0.1) is 24.3 Å². The highest BCUT2D eigenvalue weighted by molar-refractivity contribution is 5.92. The molecule has 0 spiro atoms. The van der Waals surface area contributed by atoms with Gasteiger partial charge in [0.2, 0.25) is 0 Å². The summed E-state index contributed by atoms with van der Waals surface area (Å²) in [7, 11) is 0. The van der Waals surface area contributed by atoms with Crippen molar-refractivity contribution < 1.29 is 33.3 Å². The number of unbranched alkanes of at least 4 members (excludes halogenated alkanes) is 3. The van der Waals surface area contributed by atoms with Crippen molar-refractivity contribution in [2.75, 3.05) is 13.2 Å². The lowest BCUT2D eigenvalue weighted by molar-refractivity contribution is -0.137. The van der Waals surface area contributed by atoms with Gasteiger partial charge in [-0.15, -0.1) is 0 Å². The Kier molecular flexibility index (Phi) is 11.1. The minimum atomic E-state index is -0.530. The third-order valence-electron chi connectivity index (χ3n) is 5.71. The zero-order valence-corrected chi connectivity index (χ0v) is 22.0. The Hall–Kier alpha value is -4.65. The van der Waals surface area contributed by atoms with Crippen molar-refractivity contribution in [3.8, 4) is 17.2 Å². The maximum Gasteiger partial charge on any atom is 0.343 e. The summed E-state index contributed by atoms with van der Waals surface area (Å²) in [5.41, 5.74) is 2.36. The molecular weight excluding hydrogens is 496 g/mol. The van der Waals surface area contributed by atoms with E-state index in [0.717, 1.165) is 37.3 Å². The summed E-state index contributed by atoms with van der Waals surface area (Å²) in [6, 6.07) is 18.5. The highest BCUT2D eigenvalue weighted by Crippen LogP contribution is 2.27. The lowest BCUT2D eigenvalue weighted by atomic mass is 10.1. The first-order valence-corrected chi connectivity index (χ1v) is 12.7. The van der Waals surface area contributed by atoms with Crippen LogP contribution in [0.5, 0.6) is 17.2 Å². The third kappa shape index (κ3) is 9.31. The highest BCUT2D eigenvalue weighted by Gasteiger charge is 2.14. The van der Waals surface area contributed by atoms with Crippen molar-refractivity contribution in [3.05, 3.63) is 108 Å². The average molecular weight is 529 g/mol. The zero-order chi connectivity index (χ0) is 28.0. The molecule has 0 amide bonds. The van der Waals surface area contributed by atoms with Crippen LogP contribution in [0.2, 0.25) is 0 Å². The Balaban J connectivity index is 1.46. The summed E-state index contributed by atoms with van der Waals surface area (Å²) in [6.45, 7) is 9.99. The van der Waals surface area contributed by atoms with Gasteiger partial charge in [0.1, 0.15) is 17.2 Å². The van der Waals surface area contributed by atoms with E-state index in [9.17, 15) is 14.4 Å². The fourth-order valence-corrected chi connectivity index (χ4v) is 3.52. The van der Waals surface area contributed by atoms with E-state index in [0.29, 0.717) is 47.2 Å². The maximum absolute atomic E-state index is 12.6. The molecule has 0 atom stereocenters. The van der Waals surface area contributed by atoms with Gasteiger partial charge in [-0.3, -0.25) is 0 Å². The van der Waals surface area contributed by atoms with Gasteiger partial charge in [-0.1, -0.05) is 36.9 Å². The molecule has 0 saturated heterocycles. The van der Waals surface area contributed by atoms with E-state index in [2.05, 4.69) is 13.2 Å². The van der Waals surface area contributed by atoms with E-state index in [-0.39, 0.29) is 0 Å². The monoisotopic (exact) mass is 528 g/mol. The molecule has 3 aromatic carbocycles. The van der Waals surface area contributed by atoms with Gasteiger partial charge in [0, 0.05) is 11.6 Å². The molecule has 202 valence electrons. The predicted octanol–water partition coefficient (Wildman–Crippen LogP) is 6.74. The summed E-state index contributed by atoms with van der Waals surface area (Å²) in [4.78, 5) is 36.1. The summed E-state index contributed by atoms with van der Waals surface area (Å²) in [6.07, 6.45) is 6.23. The second-order valence-corrected chi connectivity index (χ2v) is 8.71. The molecule has 0 heterocycles. The van der Waals surface area contributed by atoms with Crippen LogP contribution in [0.25, 0.3) is 6.08 Å². The van der Waals surface area contributed by atoms with E-state index in [1.807, 2.05) is 19.1 Å². The molecule has 3 aromatic rings. The van der Waals surface area contributed by atoms with E-state index in [1.54, 1.807) is 54.6 Å². The van der Waals surface area contributed by atoms with Crippen LogP contribution in [-0.2, 0) is 9.53 Å². The molecule has 0 saturated carbocycles. The van der Waals surface area contributed by atoms with Crippen LogP contribution in [0.4, 0.5) is 0 Å². The Morgan fingerprint density at radius 1 is 0.718 bits per heavy atom. The highest BCUT2D eigenvalue weighted by atomic mass is 16.5. The number of hydrogen-bond donors (Lipinski definition) is 0. The van der Waals surface area contributed by atoms with E-state index in [4.69, 9.17) is 18.9 Å². The number of aryl methyl sites for hydroxylation is 1. The fraction of sp³-hybridized carbons (Fsp3) is 0.219. The summed E-state index contributed by atoms with van der Waals surface area (Å²) >= 11 is 0. The standard InChI is InChI=1S/C32H32O7/c1-4-24-22-28(18-19-29(24)39-32(35)25-12-10-23(3)11-13-25)38-31(34)26-14-16-27(17-15-26)36-20-8-6-7-9-21-37-30(33)5-2/h4-5,10-19,22H,1-2,6-9,20-21H2,3H3. The number of ether oxygens (including phenoxy) is 4. The molecule has 3 rings (SSSR count). The minimum Gasteiger partial charge on any atom is -0.494 e. The summed E-state index contributed by atoms with van der Waals surface area (Å²) in [5.74, 6) is -0.158. The van der Waals surface area contributed by atoms with Gasteiger partial charge in [-0.25, -0.2) is 14.4 Å². The van der Waals surface area contributed by atoms with Crippen molar-refractivity contribution in [1.29, 1.82) is 0 Å². The van der Waals surface area contributed by atoms with Crippen LogP contribution in [0.1, 0.15) is 57.5 Å². The van der Waals surface area contributed by atoms with Crippen LogP contribution in [0, 0.1) is 6.92 Å². The number of carbonyl (C=O) groups excluding carboxylic acids is 3. The van der Waals surface area contributed by atoms with Crippen LogP contribution in [0.15, 0.2) is 86.0 Å². The van der Waals surface area contributed by atoms with Gasteiger partial charge >= 0.3 is 17.9 Å². The van der Waals surface area contributed by atoms with Crippen molar-refractivity contribution in [1.82, 2.24) is 0 Å². The molecule has 7 nitrogen and oxygen atoms in total. The van der Waals surface area contributed by atoms with Gasteiger partial charge in [-0.2, -0.15) is 0 Å². The third-order valence-corrected chi connectivity index (χ3v) is 5.71. The molecule has 0 fully saturated rings.